The lowest BCUT2D eigenvalue weighted by atomic mass is 10.1. The number of benzene rings is 1. The molecule has 23 heavy (non-hydrogen) atoms. The zero-order valence-electron chi connectivity index (χ0n) is 14.1. The smallest absolute Gasteiger partial charge is 0.251 e. The fourth-order valence-corrected chi connectivity index (χ4v) is 2.97. The van der Waals surface area contributed by atoms with Crippen molar-refractivity contribution in [3.05, 3.63) is 35.4 Å². The summed E-state index contributed by atoms with van der Waals surface area (Å²) in [6, 6.07) is 7.26. The van der Waals surface area contributed by atoms with Crippen LogP contribution in [0.25, 0.3) is 0 Å². The van der Waals surface area contributed by atoms with Crippen molar-refractivity contribution >= 4 is 11.8 Å². The van der Waals surface area contributed by atoms with Gasteiger partial charge in [0.25, 0.3) is 11.8 Å². The van der Waals surface area contributed by atoms with Gasteiger partial charge in [-0.05, 0) is 37.5 Å². The zero-order valence-corrected chi connectivity index (χ0v) is 14.1. The second kappa shape index (κ2) is 9.33. The largest absolute Gasteiger partial charge is 0.352 e. The Hall–Kier alpha value is -1.84. The Bertz CT molecular complexity index is 520. The Morgan fingerprint density at radius 1 is 1.04 bits per heavy atom. The van der Waals surface area contributed by atoms with E-state index in [2.05, 4.69) is 17.6 Å². The third-order valence-electron chi connectivity index (χ3n) is 4.39. The molecule has 126 valence electrons. The predicted molar refractivity (Wildman–Crippen MR) is 92.6 cm³/mol. The maximum Gasteiger partial charge on any atom is 0.251 e. The van der Waals surface area contributed by atoms with Crippen LogP contribution in [0.5, 0.6) is 0 Å². The highest BCUT2D eigenvalue weighted by Crippen LogP contribution is 2.17. The molecule has 0 heterocycles. The van der Waals surface area contributed by atoms with Gasteiger partial charge in [-0.1, -0.05) is 45.1 Å². The summed E-state index contributed by atoms with van der Waals surface area (Å²) in [6.45, 7) is 2.76. The Kier molecular flexibility index (Phi) is 7.11. The number of amides is 2. The fraction of sp³-hybridized carbons (Fsp3) is 0.579. The minimum atomic E-state index is -0.109. The molecule has 1 aliphatic rings. The molecule has 0 aromatic heterocycles. The van der Waals surface area contributed by atoms with Gasteiger partial charge in [-0.15, -0.1) is 0 Å². The second-order valence-electron chi connectivity index (χ2n) is 6.35. The molecule has 4 heteroatoms. The summed E-state index contributed by atoms with van der Waals surface area (Å²) in [5.74, 6) is -0.178. The van der Waals surface area contributed by atoms with Crippen molar-refractivity contribution in [2.75, 3.05) is 6.54 Å². The van der Waals surface area contributed by atoms with Crippen LogP contribution in [-0.2, 0) is 0 Å². The Morgan fingerprint density at radius 3 is 2.35 bits per heavy atom. The molecule has 0 radical (unpaired) electrons. The fourth-order valence-electron chi connectivity index (χ4n) is 2.97. The van der Waals surface area contributed by atoms with Crippen molar-refractivity contribution < 1.29 is 9.59 Å². The summed E-state index contributed by atoms with van der Waals surface area (Å²) in [5.41, 5.74) is 1.12. The van der Waals surface area contributed by atoms with Gasteiger partial charge in [0.1, 0.15) is 0 Å². The van der Waals surface area contributed by atoms with E-state index < -0.39 is 0 Å². The summed E-state index contributed by atoms with van der Waals surface area (Å²) in [4.78, 5) is 24.5. The molecule has 1 aromatic rings. The second-order valence-corrected chi connectivity index (χ2v) is 6.35. The van der Waals surface area contributed by atoms with Gasteiger partial charge in [-0.25, -0.2) is 0 Å². The summed E-state index contributed by atoms with van der Waals surface area (Å²) >= 11 is 0. The maximum absolute atomic E-state index is 12.4. The van der Waals surface area contributed by atoms with E-state index in [-0.39, 0.29) is 17.9 Å². The van der Waals surface area contributed by atoms with Crippen molar-refractivity contribution in [3.63, 3.8) is 0 Å². The van der Waals surface area contributed by atoms with Crippen LogP contribution in [-0.4, -0.2) is 24.4 Å². The van der Waals surface area contributed by atoms with Crippen molar-refractivity contribution in [2.24, 2.45) is 0 Å². The summed E-state index contributed by atoms with van der Waals surface area (Å²) in [6.07, 6.45) is 9.03. The summed E-state index contributed by atoms with van der Waals surface area (Å²) in [5, 5.41) is 6.01. The van der Waals surface area contributed by atoms with Crippen molar-refractivity contribution in [2.45, 2.75) is 64.3 Å². The Balaban J connectivity index is 1.94. The molecule has 1 saturated carbocycles. The average molecular weight is 316 g/mol. The molecule has 0 bridgehead atoms. The van der Waals surface area contributed by atoms with Crippen LogP contribution >= 0.6 is 0 Å². The normalized spacial score (nSPS) is 15.7. The first-order valence-electron chi connectivity index (χ1n) is 8.90. The van der Waals surface area contributed by atoms with Crippen LogP contribution in [0.1, 0.15) is 79.0 Å². The molecule has 0 saturated heterocycles. The van der Waals surface area contributed by atoms with Gasteiger partial charge in [0.2, 0.25) is 0 Å². The highest BCUT2D eigenvalue weighted by atomic mass is 16.2. The highest BCUT2D eigenvalue weighted by molar-refractivity contribution is 5.99. The van der Waals surface area contributed by atoms with E-state index in [1.807, 2.05) is 0 Å². The van der Waals surface area contributed by atoms with E-state index >= 15 is 0 Å². The number of hydrogen-bond donors (Lipinski definition) is 2. The van der Waals surface area contributed by atoms with E-state index in [1.165, 1.54) is 25.7 Å². The van der Waals surface area contributed by atoms with Gasteiger partial charge in [-0.3, -0.25) is 9.59 Å². The first-order chi connectivity index (χ1) is 11.2. The molecule has 1 aliphatic carbocycles. The molecule has 1 aromatic carbocycles. The highest BCUT2D eigenvalue weighted by Gasteiger charge is 2.16. The molecule has 0 atom stereocenters. The van der Waals surface area contributed by atoms with Crippen LogP contribution in [0.2, 0.25) is 0 Å². The number of rotatable bonds is 6. The zero-order chi connectivity index (χ0) is 16.5. The number of unbranched alkanes of at least 4 members (excludes halogenated alkanes) is 1. The summed E-state index contributed by atoms with van der Waals surface area (Å²) < 4.78 is 0. The minimum absolute atomic E-state index is 0.0693. The number of carbonyl (C=O) groups is 2. The van der Waals surface area contributed by atoms with Crippen LogP contribution in [0.4, 0.5) is 0 Å². The lowest BCUT2D eigenvalue weighted by Crippen LogP contribution is -2.34. The van der Waals surface area contributed by atoms with Crippen LogP contribution in [0.3, 0.4) is 0 Å². The molecule has 2 amide bonds. The number of nitrogens with one attached hydrogen (secondary N) is 2. The van der Waals surface area contributed by atoms with Crippen molar-refractivity contribution in [1.82, 2.24) is 10.6 Å². The lowest BCUT2D eigenvalue weighted by molar-refractivity contribution is 0.0933. The molecular weight excluding hydrogens is 288 g/mol. The first-order valence-corrected chi connectivity index (χ1v) is 8.90. The average Bonchev–Trinajstić information content (AvgIpc) is 2.84. The van der Waals surface area contributed by atoms with Gasteiger partial charge < -0.3 is 10.6 Å². The number of carbonyl (C=O) groups excluding carboxylic acids is 2. The molecule has 2 rings (SSSR count). The topological polar surface area (TPSA) is 58.2 Å². The van der Waals surface area contributed by atoms with Crippen LogP contribution in [0.15, 0.2) is 24.3 Å². The molecule has 0 spiro atoms. The maximum atomic E-state index is 12.4. The van der Waals surface area contributed by atoms with E-state index in [9.17, 15) is 9.59 Å². The number of hydrogen-bond acceptors (Lipinski definition) is 2. The molecule has 4 nitrogen and oxygen atoms in total. The summed E-state index contributed by atoms with van der Waals surface area (Å²) in [7, 11) is 0. The Labute approximate surface area is 139 Å². The third kappa shape index (κ3) is 5.70. The van der Waals surface area contributed by atoms with Crippen LogP contribution < -0.4 is 10.6 Å². The lowest BCUT2D eigenvalue weighted by Gasteiger charge is -2.16. The predicted octanol–water partition coefficient (Wildman–Crippen LogP) is 3.67. The Morgan fingerprint density at radius 2 is 1.70 bits per heavy atom. The molecule has 0 unspecified atom stereocenters. The van der Waals surface area contributed by atoms with Gasteiger partial charge in [0.05, 0.1) is 0 Å². The quantitative estimate of drug-likeness (QED) is 0.621. The van der Waals surface area contributed by atoms with E-state index in [1.54, 1.807) is 24.3 Å². The van der Waals surface area contributed by atoms with Crippen molar-refractivity contribution in [3.8, 4) is 0 Å². The standard InChI is InChI=1S/C19H28N2O2/c1-2-3-13-20-18(22)15-9-8-10-16(14-15)19(23)21-17-11-6-4-5-7-12-17/h8-10,14,17H,2-7,11-13H2,1H3,(H,20,22)(H,21,23). The third-order valence-corrected chi connectivity index (χ3v) is 4.39. The minimum Gasteiger partial charge on any atom is -0.352 e. The van der Waals surface area contributed by atoms with Gasteiger partial charge >= 0.3 is 0 Å². The van der Waals surface area contributed by atoms with Gasteiger partial charge in [0.15, 0.2) is 0 Å². The van der Waals surface area contributed by atoms with Crippen LogP contribution in [0, 0.1) is 0 Å². The van der Waals surface area contributed by atoms with E-state index in [0.717, 1.165) is 25.7 Å². The monoisotopic (exact) mass is 316 g/mol. The van der Waals surface area contributed by atoms with Crippen molar-refractivity contribution in [1.29, 1.82) is 0 Å². The molecule has 1 fully saturated rings. The van der Waals surface area contributed by atoms with E-state index in [0.29, 0.717) is 17.7 Å². The molecule has 2 N–H and O–H groups in total. The molecular formula is C19H28N2O2. The first kappa shape index (κ1) is 17.5. The van der Waals surface area contributed by atoms with Gasteiger partial charge in [-0.2, -0.15) is 0 Å². The molecule has 0 aliphatic heterocycles. The SMILES string of the molecule is CCCCNC(=O)c1cccc(C(=O)NC2CCCCCC2)c1. The van der Waals surface area contributed by atoms with Gasteiger partial charge in [0, 0.05) is 23.7 Å². The van der Waals surface area contributed by atoms with E-state index in [4.69, 9.17) is 0 Å².